The summed E-state index contributed by atoms with van der Waals surface area (Å²) in [7, 11) is 0. The number of hydrogen-bond acceptors (Lipinski definition) is 4. The van der Waals surface area contributed by atoms with Gasteiger partial charge in [0.05, 0.1) is 5.56 Å². The van der Waals surface area contributed by atoms with Crippen LogP contribution < -0.4 is 14.8 Å². The van der Waals surface area contributed by atoms with Gasteiger partial charge in [0.25, 0.3) is 5.91 Å². The normalized spacial score (nSPS) is 14.4. The molecule has 0 bridgehead atoms. The number of hydrogen-bond donors (Lipinski definition) is 2. The second-order valence-electron chi connectivity index (χ2n) is 7.63. The molecule has 0 radical (unpaired) electrons. The summed E-state index contributed by atoms with van der Waals surface area (Å²) in [6, 6.07) is 15.8. The molecule has 0 saturated heterocycles. The van der Waals surface area contributed by atoms with E-state index >= 15 is 0 Å². The summed E-state index contributed by atoms with van der Waals surface area (Å²) in [5, 5.41) is 14.6. The van der Waals surface area contributed by atoms with Crippen molar-refractivity contribution in [2.24, 2.45) is 0 Å². The van der Waals surface area contributed by atoms with E-state index in [1.54, 1.807) is 24.3 Å². The van der Waals surface area contributed by atoms with Crippen LogP contribution in [0.5, 0.6) is 11.5 Å². The minimum atomic E-state index is -1.25. The van der Waals surface area contributed by atoms with E-state index in [2.05, 4.69) is 5.32 Å². The van der Waals surface area contributed by atoms with E-state index in [9.17, 15) is 14.7 Å². The van der Waals surface area contributed by atoms with Crippen molar-refractivity contribution in [3.63, 3.8) is 0 Å². The topological polar surface area (TPSA) is 84.9 Å². The fourth-order valence-electron chi connectivity index (χ4n) is 3.67. The highest BCUT2D eigenvalue weighted by Crippen LogP contribution is 2.37. The largest absolute Gasteiger partial charge is 0.490 e. The summed E-state index contributed by atoms with van der Waals surface area (Å²) < 4.78 is 11.7. The lowest BCUT2D eigenvalue weighted by Crippen LogP contribution is -2.59. The number of aliphatic carboxylic acids is 1. The number of carboxylic acid groups (broad SMARTS) is 1. The molecule has 0 unspecified atom stereocenters. The summed E-state index contributed by atoms with van der Waals surface area (Å²) in [5.41, 5.74) is -1.06. The SMILES string of the molecule is O=C(NC1(C(=O)O)CCC1)c1cc(Cl)c2ccccc2c1OCCOc1ccc(Cl)cc1. The van der Waals surface area contributed by atoms with Gasteiger partial charge in [-0.05, 0) is 49.6 Å². The molecular formula is C24H21Cl2NO5. The third kappa shape index (κ3) is 4.47. The van der Waals surface area contributed by atoms with Gasteiger partial charge < -0.3 is 19.9 Å². The number of nitrogens with one attached hydrogen (secondary N) is 1. The standard InChI is InChI=1S/C24H21Cl2NO5/c25-15-6-8-16(9-7-15)31-12-13-32-21-18-5-2-1-4-17(18)20(26)14-19(21)22(28)27-24(23(29)30)10-3-11-24/h1-2,4-9,14H,3,10-13H2,(H,27,28)(H,29,30). The summed E-state index contributed by atoms with van der Waals surface area (Å²) in [6.07, 6.45) is 1.53. The number of benzene rings is 3. The van der Waals surface area contributed by atoms with Gasteiger partial charge in [0, 0.05) is 20.8 Å². The molecule has 1 fully saturated rings. The van der Waals surface area contributed by atoms with E-state index < -0.39 is 17.4 Å². The maximum Gasteiger partial charge on any atom is 0.329 e. The fraction of sp³-hybridized carbons (Fsp3) is 0.250. The van der Waals surface area contributed by atoms with Gasteiger partial charge in [-0.3, -0.25) is 4.79 Å². The van der Waals surface area contributed by atoms with E-state index in [1.165, 1.54) is 6.07 Å². The molecule has 32 heavy (non-hydrogen) atoms. The Kier molecular flexibility index (Phi) is 6.44. The third-order valence-corrected chi connectivity index (χ3v) is 6.14. The molecule has 1 saturated carbocycles. The fourth-order valence-corrected chi connectivity index (χ4v) is 4.07. The summed E-state index contributed by atoms with van der Waals surface area (Å²) >= 11 is 12.3. The molecule has 0 aromatic heterocycles. The van der Waals surface area contributed by atoms with Crippen molar-refractivity contribution in [3.8, 4) is 11.5 Å². The van der Waals surface area contributed by atoms with Crippen LogP contribution in [-0.2, 0) is 4.79 Å². The van der Waals surface area contributed by atoms with Gasteiger partial charge >= 0.3 is 5.97 Å². The number of carboxylic acids is 1. The Morgan fingerprint density at radius 1 is 0.969 bits per heavy atom. The first-order valence-corrected chi connectivity index (χ1v) is 10.9. The predicted molar refractivity (Wildman–Crippen MR) is 123 cm³/mol. The second kappa shape index (κ2) is 9.27. The minimum absolute atomic E-state index is 0.165. The van der Waals surface area contributed by atoms with E-state index in [4.69, 9.17) is 32.7 Å². The Morgan fingerprint density at radius 3 is 2.25 bits per heavy atom. The van der Waals surface area contributed by atoms with Crippen molar-refractivity contribution in [2.45, 2.75) is 24.8 Å². The molecule has 8 heteroatoms. The van der Waals surface area contributed by atoms with E-state index in [-0.39, 0.29) is 18.8 Å². The Balaban J connectivity index is 1.57. The van der Waals surface area contributed by atoms with Crippen LogP contribution in [-0.4, -0.2) is 35.7 Å². The van der Waals surface area contributed by atoms with Crippen LogP contribution in [0.3, 0.4) is 0 Å². The number of rotatable bonds is 8. The van der Waals surface area contributed by atoms with Crippen LogP contribution in [0.25, 0.3) is 10.8 Å². The number of ether oxygens (including phenoxy) is 2. The molecule has 6 nitrogen and oxygen atoms in total. The summed E-state index contributed by atoms with van der Waals surface area (Å²) in [4.78, 5) is 24.8. The molecule has 1 amide bonds. The summed E-state index contributed by atoms with van der Waals surface area (Å²) in [6.45, 7) is 0.400. The highest BCUT2D eigenvalue weighted by Gasteiger charge is 2.46. The Bertz CT molecular complexity index is 1160. The maximum atomic E-state index is 13.1. The van der Waals surface area contributed by atoms with Gasteiger partial charge in [-0.2, -0.15) is 0 Å². The quantitative estimate of drug-likeness (QED) is 0.431. The lowest BCUT2D eigenvalue weighted by Gasteiger charge is -2.38. The van der Waals surface area contributed by atoms with E-state index in [0.717, 1.165) is 11.8 Å². The molecule has 0 spiro atoms. The lowest BCUT2D eigenvalue weighted by molar-refractivity contribution is -0.148. The molecule has 1 aliphatic carbocycles. The van der Waals surface area contributed by atoms with Crippen LogP contribution in [0.4, 0.5) is 0 Å². The van der Waals surface area contributed by atoms with Crippen molar-refractivity contribution in [3.05, 3.63) is 70.2 Å². The number of amides is 1. The molecular weight excluding hydrogens is 453 g/mol. The average molecular weight is 474 g/mol. The smallest absolute Gasteiger partial charge is 0.329 e. The van der Waals surface area contributed by atoms with Crippen molar-refractivity contribution < 1.29 is 24.2 Å². The molecule has 3 aromatic carbocycles. The molecule has 1 aliphatic rings. The monoisotopic (exact) mass is 473 g/mol. The van der Waals surface area contributed by atoms with Crippen LogP contribution >= 0.6 is 23.2 Å². The zero-order valence-electron chi connectivity index (χ0n) is 17.1. The van der Waals surface area contributed by atoms with Crippen LogP contribution in [0.15, 0.2) is 54.6 Å². The highest BCUT2D eigenvalue weighted by atomic mass is 35.5. The molecule has 0 heterocycles. The average Bonchev–Trinajstić information content (AvgIpc) is 2.75. The van der Waals surface area contributed by atoms with Crippen molar-refractivity contribution in [1.29, 1.82) is 0 Å². The molecule has 4 rings (SSSR count). The number of carbonyl (C=O) groups is 2. The van der Waals surface area contributed by atoms with Crippen molar-refractivity contribution >= 4 is 45.9 Å². The number of fused-ring (bicyclic) bond motifs is 1. The Hall–Kier alpha value is -2.96. The minimum Gasteiger partial charge on any atom is -0.490 e. The first-order valence-electron chi connectivity index (χ1n) is 10.2. The van der Waals surface area contributed by atoms with Gasteiger partial charge in [0.1, 0.15) is 30.3 Å². The second-order valence-corrected chi connectivity index (χ2v) is 8.47. The predicted octanol–water partition coefficient (Wildman–Crippen LogP) is 5.34. The van der Waals surface area contributed by atoms with Gasteiger partial charge in [-0.25, -0.2) is 4.79 Å². The van der Waals surface area contributed by atoms with E-state index in [0.29, 0.717) is 39.8 Å². The maximum absolute atomic E-state index is 13.1. The van der Waals surface area contributed by atoms with Crippen molar-refractivity contribution in [1.82, 2.24) is 5.32 Å². The van der Waals surface area contributed by atoms with Gasteiger partial charge in [-0.15, -0.1) is 0 Å². The summed E-state index contributed by atoms with van der Waals surface area (Å²) in [5.74, 6) is -0.594. The van der Waals surface area contributed by atoms with Gasteiger partial charge in [0.2, 0.25) is 0 Å². The first kappa shape index (κ1) is 22.2. The lowest BCUT2D eigenvalue weighted by atomic mass is 9.76. The number of carbonyl (C=O) groups excluding carboxylic acids is 1. The number of halogens is 2. The van der Waals surface area contributed by atoms with Crippen molar-refractivity contribution in [2.75, 3.05) is 13.2 Å². The molecule has 166 valence electrons. The molecule has 3 aromatic rings. The van der Waals surface area contributed by atoms with Crippen LogP contribution in [0.1, 0.15) is 29.6 Å². The molecule has 0 aliphatic heterocycles. The van der Waals surface area contributed by atoms with Crippen LogP contribution in [0, 0.1) is 0 Å². The molecule has 2 N–H and O–H groups in total. The molecule has 0 atom stereocenters. The Labute approximate surface area is 195 Å². The first-order chi connectivity index (χ1) is 15.4. The zero-order chi connectivity index (χ0) is 22.7. The van der Waals surface area contributed by atoms with Crippen LogP contribution in [0.2, 0.25) is 10.0 Å². The zero-order valence-corrected chi connectivity index (χ0v) is 18.6. The van der Waals surface area contributed by atoms with Gasteiger partial charge in [0.15, 0.2) is 0 Å². The third-order valence-electron chi connectivity index (χ3n) is 5.57. The van der Waals surface area contributed by atoms with Gasteiger partial charge in [-0.1, -0.05) is 47.5 Å². The highest BCUT2D eigenvalue weighted by molar-refractivity contribution is 6.36. The Morgan fingerprint density at radius 2 is 1.62 bits per heavy atom. The van der Waals surface area contributed by atoms with E-state index in [1.807, 2.05) is 24.3 Å².